The van der Waals surface area contributed by atoms with Crippen molar-refractivity contribution in [2.45, 2.75) is 26.7 Å². The lowest BCUT2D eigenvalue weighted by Crippen LogP contribution is -2.26. The second-order valence-electron chi connectivity index (χ2n) is 5.63. The normalized spacial score (nSPS) is 14.1. The van der Waals surface area contributed by atoms with Gasteiger partial charge in [0.25, 0.3) is 0 Å². The molecular weight excluding hydrogens is 240 g/mol. The highest BCUT2D eigenvalue weighted by atomic mass is 16.4. The van der Waals surface area contributed by atoms with Crippen LogP contribution in [0.25, 0.3) is 0 Å². The van der Waals surface area contributed by atoms with E-state index in [4.69, 9.17) is 10.4 Å². The van der Waals surface area contributed by atoms with Crippen LogP contribution in [0.1, 0.15) is 36.2 Å². The van der Waals surface area contributed by atoms with Crippen LogP contribution in [0.15, 0.2) is 18.2 Å². The van der Waals surface area contributed by atoms with E-state index in [1.807, 2.05) is 19.9 Å². The first-order valence-electron chi connectivity index (χ1n) is 6.45. The zero-order valence-electron chi connectivity index (χ0n) is 11.3. The zero-order valence-corrected chi connectivity index (χ0v) is 11.3. The Morgan fingerprint density at radius 3 is 2.89 bits per heavy atom. The van der Waals surface area contributed by atoms with E-state index in [-0.39, 0.29) is 5.41 Å². The van der Waals surface area contributed by atoms with Gasteiger partial charge in [-0.2, -0.15) is 5.26 Å². The summed E-state index contributed by atoms with van der Waals surface area (Å²) in [4.78, 5) is 13.2. The minimum Gasteiger partial charge on any atom is -0.478 e. The van der Waals surface area contributed by atoms with E-state index in [2.05, 4.69) is 11.0 Å². The summed E-state index contributed by atoms with van der Waals surface area (Å²) in [6.07, 6.45) is 1.72. The number of anilines is 1. The number of nitriles is 1. The van der Waals surface area contributed by atoms with Crippen molar-refractivity contribution in [2.75, 3.05) is 18.0 Å². The van der Waals surface area contributed by atoms with Crippen LogP contribution in [0.5, 0.6) is 0 Å². The van der Waals surface area contributed by atoms with Gasteiger partial charge >= 0.3 is 5.97 Å². The van der Waals surface area contributed by atoms with Crippen LogP contribution in [0.3, 0.4) is 0 Å². The third-order valence-electron chi connectivity index (χ3n) is 3.63. The van der Waals surface area contributed by atoms with E-state index in [9.17, 15) is 4.79 Å². The number of fused-ring (bicyclic) bond motifs is 1. The molecule has 0 atom stereocenters. The molecule has 1 N–H and O–H groups in total. The van der Waals surface area contributed by atoms with Crippen LogP contribution in [-0.4, -0.2) is 24.2 Å². The first-order valence-corrected chi connectivity index (χ1v) is 6.45. The van der Waals surface area contributed by atoms with E-state index in [1.165, 1.54) is 5.56 Å². The fourth-order valence-electron chi connectivity index (χ4n) is 2.28. The van der Waals surface area contributed by atoms with Gasteiger partial charge in [-0.15, -0.1) is 0 Å². The molecule has 2 rings (SSSR count). The average Bonchev–Trinajstić information content (AvgIpc) is 2.78. The molecule has 0 bridgehead atoms. The van der Waals surface area contributed by atoms with Gasteiger partial charge < -0.3 is 10.0 Å². The molecule has 4 nitrogen and oxygen atoms in total. The fourth-order valence-corrected chi connectivity index (χ4v) is 2.28. The molecular formula is C15H18N2O2. The quantitative estimate of drug-likeness (QED) is 0.901. The highest BCUT2D eigenvalue weighted by Gasteiger charge is 2.23. The van der Waals surface area contributed by atoms with Crippen molar-refractivity contribution in [3.05, 3.63) is 29.3 Å². The largest absolute Gasteiger partial charge is 0.478 e. The molecule has 1 aliphatic heterocycles. The van der Waals surface area contributed by atoms with Crippen LogP contribution >= 0.6 is 0 Å². The van der Waals surface area contributed by atoms with Crippen molar-refractivity contribution in [1.82, 2.24) is 0 Å². The molecule has 4 heteroatoms. The van der Waals surface area contributed by atoms with Crippen LogP contribution in [-0.2, 0) is 6.42 Å². The van der Waals surface area contributed by atoms with Gasteiger partial charge in [-0.05, 0) is 44.4 Å². The average molecular weight is 258 g/mol. The monoisotopic (exact) mass is 258 g/mol. The first-order chi connectivity index (χ1) is 8.93. The van der Waals surface area contributed by atoms with Crippen molar-refractivity contribution < 1.29 is 9.90 Å². The summed E-state index contributed by atoms with van der Waals surface area (Å²) in [6.45, 7) is 5.55. The minimum absolute atomic E-state index is 0.324. The number of carboxylic acids is 1. The molecule has 0 amide bonds. The second-order valence-corrected chi connectivity index (χ2v) is 5.63. The third kappa shape index (κ3) is 2.87. The molecule has 1 aromatic carbocycles. The number of aromatic carboxylic acids is 1. The van der Waals surface area contributed by atoms with E-state index in [1.54, 1.807) is 12.1 Å². The maximum Gasteiger partial charge on any atom is 0.335 e. The maximum absolute atomic E-state index is 11.0. The first kappa shape index (κ1) is 13.4. The van der Waals surface area contributed by atoms with E-state index in [0.717, 1.165) is 31.6 Å². The van der Waals surface area contributed by atoms with Crippen molar-refractivity contribution in [1.29, 1.82) is 5.26 Å². The molecule has 0 saturated carbocycles. The molecule has 0 spiro atoms. The number of carboxylic acid groups (broad SMARTS) is 1. The minimum atomic E-state index is -0.896. The van der Waals surface area contributed by atoms with E-state index >= 15 is 0 Å². The Morgan fingerprint density at radius 2 is 2.26 bits per heavy atom. The van der Waals surface area contributed by atoms with Crippen molar-refractivity contribution >= 4 is 11.7 Å². The van der Waals surface area contributed by atoms with Crippen LogP contribution in [0, 0.1) is 16.7 Å². The Hall–Kier alpha value is -2.02. The third-order valence-corrected chi connectivity index (χ3v) is 3.63. The predicted octanol–water partition coefficient (Wildman–Crippen LogP) is 2.69. The number of hydrogen-bond acceptors (Lipinski definition) is 3. The Morgan fingerprint density at radius 1 is 1.53 bits per heavy atom. The summed E-state index contributed by atoms with van der Waals surface area (Å²) in [5.41, 5.74) is 2.19. The van der Waals surface area contributed by atoms with Gasteiger partial charge in [0.05, 0.1) is 17.0 Å². The lowest BCUT2D eigenvalue weighted by Gasteiger charge is -2.23. The molecule has 0 aromatic heterocycles. The summed E-state index contributed by atoms with van der Waals surface area (Å²) >= 11 is 0. The highest BCUT2D eigenvalue weighted by molar-refractivity contribution is 5.89. The molecule has 0 aliphatic carbocycles. The summed E-state index contributed by atoms with van der Waals surface area (Å²) in [5, 5.41) is 18.1. The fraction of sp³-hybridized carbons (Fsp3) is 0.467. The van der Waals surface area contributed by atoms with E-state index < -0.39 is 5.97 Å². The van der Waals surface area contributed by atoms with Gasteiger partial charge in [0.15, 0.2) is 0 Å². The topological polar surface area (TPSA) is 64.3 Å². The summed E-state index contributed by atoms with van der Waals surface area (Å²) in [6, 6.07) is 7.59. The SMILES string of the molecule is CC(C)(C#N)CCN1CCc2ccc(C(=O)O)cc21. The van der Waals surface area contributed by atoms with Gasteiger partial charge in [-0.3, -0.25) is 0 Å². The molecule has 0 saturated heterocycles. The number of rotatable bonds is 4. The maximum atomic E-state index is 11.0. The number of nitrogens with zero attached hydrogens (tertiary/aromatic N) is 2. The van der Waals surface area contributed by atoms with Gasteiger partial charge in [0.2, 0.25) is 0 Å². The van der Waals surface area contributed by atoms with Gasteiger partial charge in [0.1, 0.15) is 0 Å². The molecule has 19 heavy (non-hydrogen) atoms. The number of benzene rings is 1. The lowest BCUT2D eigenvalue weighted by molar-refractivity contribution is 0.0697. The Balaban J connectivity index is 2.15. The summed E-state index contributed by atoms with van der Waals surface area (Å²) < 4.78 is 0. The molecule has 0 radical (unpaired) electrons. The van der Waals surface area contributed by atoms with Crippen LogP contribution in [0.2, 0.25) is 0 Å². The van der Waals surface area contributed by atoms with Gasteiger partial charge in [0, 0.05) is 18.8 Å². The molecule has 100 valence electrons. The molecule has 1 aromatic rings. The van der Waals surface area contributed by atoms with E-state index in [0.29, 0.717) is 5.56 Å². The summed E-state index contributed by atoms with van der Waals surface area (Å²) in [7, 11) is 0. The van der Waals surface area contributed by atoms with Crippen molar-refractivity contribution in [2.24, 2.45) is 5.41 Å². The predicted molar refractivity (Wildman–Crippen MR) is 73.3 cm³/mol. The molecule has 1 heterocycles. The Labute approximate surface area is 113 Å². The zero-order chi connectivity index (χ0) is 14.0. The van der Waals surface area contributed by atoms with Gasteiger partial charge in [-0.25, -0.2) is 4.79 Å². The molecule has 0 fully saturated rings. The standard InChI is InChI=1S/C15H18N2O2/c1-15(2,10-16)6-8-17-7-5-11-3-4-12(14(18)19)9-13(11)17/h3-4,9H,5-8H2,1-2H3,(H,18,19). The second kappa shape index (κ2) is 4.93. The number of hydrogen-bond donors (Lipinski definition) is 1. The van der Waals surface area contributed by atoms with Crippen LogP contribution in [0.4, 0.5) is 5.69 Å². The number of carbonyl (C=O) groups is 1. The smallest absolute Gasteiger partial charge is 0.335 e. The molecule has 1 aliphatic rings. The highest BCUT2D eigenvalue weighted by Crippen LogP contribution is 2.30. The summed E-state index contributed by atoms with van der Waals surface area (Å²) in [5.74, 6) is -0.896. The molecule has 0 unspecified atom stereocenters. The van der Waals surface area contributed by atoms with Crippen molar-refractivity contribution in [3.8, 4) is 6.07 Å². The van der Waals surface area contributed by atoms with Crippen molar-refractivity contribution in [3.63, 3.8) is 0 Å². The Kier molecular flexibility index (Phi) is 3.48. The lowest BCUT2D eigenvalue weighted by atomic mass is 9.91. The van der Waals surface area contributed by atoms with Gasteiger partial charge in [-0.1, -0.05) is 6.07 Å². The van der Waals surface area contributed by atoms with Crippen LogP contribution < -0.4 is 4.90 Å². The Bertz CT molecular complexity index is 544.